The fraction of sp³-hybridized carbons (Fsp3) is 0.611. The van der Waals surface area contributed by atoms with Crippen LogP contribution in [0.1, 0.15) is 46.5 Å². The van der Waals surface area contributed by atoms with E-state index in [1.165, 1.54) is 12.8 Å². The zero-order valence-electron chi connectivity index (χ0n) is 13.2. The molecule has 1 aliphatic rings. The van der Waals surface area contributed by atoms with Crippen molar-refractivity contribution in [3.63, 3.8) is 0 Å². The number of halogens is 1. The highest BCUT2D eigenvalue weighted by molar-refractivity contribution is 9.10. The Balaban J connectivity index is 1.98. The predicted molar refractivity (Wildman–Crippen MR) is 92.1 cm³/mol. The third-order valence-corrected chi connectivity index (χ3v) is 5.48. The topological polar surface area (TPSA) is 35.8 Å². The first-order valence-electron chi connectivity index (χ1n) is 7.82. The SMILES string of the molecule is CC(C)(C)C1CCC(C(C#N)Nc2ccccc2Br)CC1. The van der Waals surface area contributed by atoms with Crippen molar-refractivity contribution in [1.29, 1.82) is 5.26 Å². The van der Waals surface area contributed by atoms with Gasteiger partial charge < -0.3 is 5.32 Å². The van der Waals surface area contributed by atoms with E-state index in [1.54, 1.807) is 0 Å². The molecule has 3 heteroatoms. The first-order valence-corrected chi connectivity index (χ1v) is 8.62. The van der Waals surface area contributed by atoms with Crippen molar-refractivity contribution in [3.8, 4) is 6.07 Å². The second-order valence-corrected chi connectivity index (χ2v) is 8.06. The molecule has 0 spiro atoms. The van der Waals surface area contributed by atoms with Crippen LogP contribution in [0.5, 0.6) is 0 Å². The molecule has 2 nitrogen and oxygen atoms in total. The molecule has 1 aromatic carbocycles. The van der Waals surface area contributed by atoms with Gasteiger partial charge in [-0.25, -0.2) is 0 Å². The van der Waals surface area contributed by atoms with Crippen molar-refractivity contribution < 1.29 is 0 Å². The first-order chi connectivity index (χ1) is 9.91. The van der Waals surface area contributed by atoms with Gasteiger partial charge >= 0.3 is 0 Å². The number of nitrogens with one attached hydrogen (secondary N) is 1. The normalized spacial score (nSPS) is 24.1. The predicted octanol–water partition coefficient (Wildman–Crippen LogP) is 5.61. The number of benzene rings is 1. The van der Waals surface area contributed by atoms with Gasteiger partial charge in [-0.15, -0.1) is 0 Å². The summed E-state index contributed by atoms with van der Waals surface area (Å²) in [7, 11) is 0. The molecule has 21 heavy (non-hydrogen) atoms. The molecule has 0 aliphatic heterocycles. The average molecular weight is 349 g/mol. The average Bonchev–Trinajstić information content (AvgIpc) is 2.46. The number of nitrogens with zero attached hydrogens (tertiary/aromatic N) is 1. The second-order valence-electron chi connectivity index (χ2n) is 7.21. The van der Waals surface area contributed by atoms with Crippen LogP contribution in [-0.2, 0) is 0 Å². The molecule has 1 unspecified atom stereocenters. The number of hydrogen-bond donors (Lipinski definition) is 1. The Bertz CT molecular complexity index is 505. The molecule has 0 bridgehead atoms. The number of rotatable bonds is 3. The summed E-state index contributed by atoms with van der Waals surface area (Å²) in [5.74, 6) is 1.25. The molecule has 1 aliphatic carbocycles. The molecule has 2 rings (SSSR count). The van der Waals surface area contributed by atoms with E-state index in [4.69, 9.17) is 0 Å². The van der Waals surface area contributed by atoms with Crippen LogP contribution in [0.25, 0.3) is 0 Å². The fourth-order valence-corrected chi connectivity index (χ4v) is 3.72. The third-order valence-electron chi connectivity index (χ3n) is 4.79. The second kappa shape index (κ2) is 6.83. The summed E-state index contributed by atoms with van der Waals surface area (Å²) in [4.78, 5) is 0. The molecule has 1 atom stereocenters. The summed E-state index contributed by atoms with van der Waals surface area (Å²) in [6.07, 6.45) is 4.78. The van der Waals surface area contributed by atoms with Gasteiger partial charge in [-0.05, 0) is 71.0 Å². The minimum Gasteiger partial charge on any atom is -0.369 e. The molecule has 0 aromatic heterocycles. The molecular weight excluding hydrogens is 324 g/mol. The standard InChI is InChI=1S/C18H25BrN2/c1-18(2,3)14-10-8-13(9-11-14)17(12-20)21-16-7-5-4-6-15(16)19/h4-7,13-14,17,21H,8-11H2,1-3H3. The van der Waals surface area contributed by atoms with Crippen LogP contribution in [0.4, 0.5) is 5.69 Å². The van der Waals surface area contributed by atoms with Crippen molar-refractivity contribution >= 4 is 21.6 Å². The molecule has 0 radical (unpaired) electrons. The lowest BCUT2D eigenvalue weighted by Crippen LogP contribution is -2.34. The number of para-hydroxylation sites is 1. The van der Waals surface area contributed by atoms with Crippen molar-refractivity contribution in [1.82, 2.24) is 0 Å². The Hall–Kier alpha value is -1.01. The van der Waals surface area contributed by atoms with Crippen LogP contribution in [0, 0.1) is 28.6 Å². The summed E-state index contributed by atoms with van der Waals surface area (Å²) in [5, 5.41) is 12.9. The smallest absolute Gasteiger partial charge is 0.117 e. The minimum absolute atomic E-state index is 0.0929. The zero-order valence-corrected chi connectivity index (χ0v) is 14.8. The molecule has 1 N–H and O–H groups in total. The van der Waals surface area contributed by atoms with Gasteiger partial charge in [0.25, 0.3) is 0 Å². The Morgan fingerprint density at radius 2 is 1.81 bits per heavy atom. The summed E-state index contributed by atoms with van der Waals surface area (Å²) in [6.45, 7) is 7.00. The molecule has 1 aromatic rings. The lowest BCUT2D eigenvalue weighted by atomic mass is 9.68. The molecule has 1 saturated carbocycles. The van der Waals surface area contributed by atoms with Crippen LogP contribution in [0.15, 0.2) is 28.7 Å². The van der Waals surface area contributed by atoms with Gasteiger partial charge in [0.05, 0.1) is 6.07 Å². The zero-order chi connectivity index (χ0) is 15.5. The van der Waals surface area contributed by atoms with E-state index in [1.807, 2.05) is 24.3 Å². The van der Waals surface area contributed by atoms with Crippen LogP contribution in [0.2, 0.25) is 0 Å². The molecule has 0 heterocycles. The van der Waals surface area contributed by atoms with Gasteiger partial charge in [0.15, 0.2) is 0 Å². The number of nitriles is 1. The van der Waals surface area contributed by atoms with Gasteiger partial charge in [0.1, 0.15) is 6.04 Å². The maximum absolute atomic E-state index is 9.53. The maximum Gasteiger partial charge on any atom is 0.117 e. The lowest BCUT2D eigenvalue weighted by molar-refractivity contribution is 0.148. The van der Waals surface area contributed by atoms with E-state index in [9.17, 15) is 5.26 Å². The summed E-state index contributed by atoms with van der Waals surface area (Å²) in [5.41, 5.74) is 1.41. The molecular formula is C18H25BrN2. The first kappa shape index (κ1) is 16.4. The van der Waals surface area contributed by atoms with Crippen LogP contribution < -0.4 is 5.32 Å². The fourth-order valence-electron chi connectivity index (χ4n) is 3.32. The van der Waals surface area contributed by atoms with Gasteiger partial charge in [0, 0.05) is 10.2 Å². The minimum atomic E-state index is -0.0929. The van der Waals surface area contributed by atoms with Gasteiger partial charge in [0.2, 0.25) is 0 Å². The van der Waals surface area contributed by atoms with Gasteiger partial charge in [-0.3, -0.25) is 0 Å². The quantitative estimate of drug-likeness (QED) is 0.770. The lowest BCUT2D eigenvalue weighted by Gasteiger charge is -2.38. The van der Waals surface area contributed by atoms with Crippen molar-refractivity contribution in [2.45, 2.75) is 52.5 Å². The van der Waals surface area contributed by atoms with Gasteiger partial charge in [-0.1, -0.05) is 32.9 Å². The number of anilines is 1. The maximum atomic E-state index is 9.53. The highest BCUT2D eigenvalue weighted by atomic mass is 79.9. The Morgan fingerprint density at radius 1 is 1.19 bits per heavy atom. The van der Waals surface area contributed by atoms with Crippen molar-refractivity contribution in [3.05, 3.63) is 28.7 Å². The Labute approximate surface area is 137 Å². The van der Waals surface area contributed by atoms with Crippen LogP contribution in [0.3, 0.4) is 0 Å². The van der Waals surface area contributed by atoms with E-state index < -0.39 is 0 Å². The summed E-state index contributed by atoms with van der Waals surface area (Å²) >= 11 is 3.54. The highest BCUT2D eigenvalue weighted by Gasteiger charge is 2.33. The largest absolute Gasteiger partial charge is 0.369 e. The molecule has 0 amide bonds. The van der Waals surface area contributed by atoms with E-state index in [0.717, 1.165) is 28.9 Å². The van der Waals surface area contributed by atoms with Crippen LogP contribution >= 0.6 is 15.9 Å². The Morgan fingerprint density at radius 3 is 2.33 bits per heavy atom. The molecule has 114 valence electrons. The summed E-state index contributed by atoms with van der Waals surface area (Å²) in [6, 6.07) is 10.4. The monoisotopic (exact) mass is 348 g/mol. The summed E-state index contributed by atoms with van der Waals surface area (Å²) < 4.78 is 1.02. The Kier molecular flexibility index (Phi) is 5.32. The van der Waals surface area contributed by atoms with E-state index >= 15 is 0 Å². The van der Waals surface area contributed by atoms with E-state index in [0.29, 0.717) is 11.3 Å². The number of hydrogen-bond acceptors (Lipinski definition) is 2. The third kappa shape index (κ3) is 4.23. The van der Waals surface area contributed by atoms with Gasteiger partial charge in [-0.2, -0.15) is 5.26 Å². The van der Waals surface area contributed by atoms with E-state index in [2.05, 4.69) is 48.1 Å². The van der Waals surface area contributed by atoms with Crippen LogP contribution in [-0.4, -0.2) is 6.04 Å². The molecule has 1 fully saturated rings. The highest BCUT2D eigenvalue weighted by Crippen LogP contribution is 2.41. The van der Waals surface area contributed by atoms with Crippen molar-refractivity contribution in [2.24, 2.45) is 17.3 Å². The van der Waals surface area contributed by atoms with Crippen molar-refractivity contribution in [2.75, 3.05) is 5.32 Å². The van der Waals surface area contributed by atoms with E-state index in [-0.39, 0.29) is 6.04 Å². The molecule has 0 saturated heterocycles.